The van der Waals surface area contributed by atoms with Gasteiger partial charge in [-0.25, -0.2) is 14.6 Å². The van der Waals surface area contributed by atoms with Gasteiger partial charge in [-0.05, 0) is 31.2 Å². The Morgan fingerprint density at radius 3 is 2.03 bits per heavy atom. The normalized spacial score (nSPS) is 16.3. The van der Waals surface area contributed by atoms with Gasteiger partial charge in [0, 0.05) is 35.3 Å². The second kappa shape index (κ2) is 16.5. The van der Waals surface area contributed by atoms with E-state index in [4.69, 9.17) is 9.29 Å². The van der Waals surface area contributed by atoms with E-state index in [1.807, 2.05) is 19.1 Å². The number of benzene rings is 1. The van der Waals surface area contributed by atoms with Crippen LogP contribution in [0.4, 0.5) is 5.82 Å². The van der Waals surface area contributed by atoms with Gasteiger partial charge in [0.1, 0.15) is 5.82 Å². The monoisotopic (exact) mass is 592 g/mol. The molecule has 0 bridgehead atoms. The summed E-state index contributed by atoms with van der Waals surface area (Å²) >= 11 is 3.34. The molecule has 0 aliphatic carbocycles. The summed E-state index contributed by atoms with van der Waals surface area (Å²) in [7, 11) is -4.02. The molecule has 2 saturated heterocycles. The van der Waals surface area contributed by atoms with E-state index in [2.05, 4.69) is 31.0 Å². The van der Waals surface area contributed by atoms with E-state index in [9.17, 15) is 23.1 Å². The summed E-state index contributed by atoms with van der Waals surface area (Å²) in [6.07, 6.45) is 5.00. The summed E-state index contributed by atoms with van der Waals surface area (Å²) < 4.78 is 39.7. The Hall–Kier alpha value is -2.22. The van der Waals surface area contributed by atoms with Crippen molar-refractivity contribution in [3.05, 3.63) is 76.2 Å². The van der Waals surface area contributed by atoms with E-state index in [1.54, 1.807) is 24.5 Å². The van der Waals surface area contributed by atoms with Gasteiger partial charge in [-0.1, -0.05) is 41.1 Å². The Balaban J connectivity index is 0.000000521. The third-order valence-corrected chi connectivity index (χ3v) is 5.67. The van der Waals surface area contributed by atoms with E-state index < -0.39 is 16.1 Å². The summed E-state index contributed by atoms with van der Waals surface area (Å²) in [6.45, 7) is 2.68. The van der Waals surface area contributed by atoms with Crippen LogP contribution in [-0.2, 0) is 29.2 Å². The predicted octanol–water partition coefficient (Wildman–Crippen LogP) is 0.146. The molecule has 1 aromatic carbocycles. The number of cyclic esters (lactones) is 2. The van der Waals surface area contributed by atoms with Crippen molar-refractivity contribution in [2.24, 2.45) is 0 Å². The number of esters is 2. The number of carbonyl (C=O) groups is 2. The molecule has 10 nitrogen and oxygen atoms in total. The number of ether oxygens (including phenoxy) is 2. The minimum atomic E-state index is -4.02. The zero-order chi connectivity index (χ0) is 25.1. The summed E-state index contributed by atoms with van der Waals surface area (Å²) in [5, 5.41) is 12.8. The van der Waals surface area contributed by atoms with Crippen molar-refractivity contribution < 1.29 is 66.7 Å². The zero-order valence-electron chi connectivity index (χ0n) is 19.1. The maximum absolute atomic E-state index is 11.1. The van der Waals surface area contributed by atoms with Crippen molar-refractivity contribution in [1.29, 1.82) is 0 Å². The molecule has 0 atom stereocenters. The number of aromatic nitrogens is 1. The Morgan fingerprint density at radius 2 is 1.61 bits per heavy atom. The van der Waals surface area contributed by atoms with Crippen LogP contribution in [0.1, 0.15) is 25.8 Å². The van der Waals surface area contributed by atoms with Crippen molar-refractivity contribution in [3.63, 3.8) is 0 Å². The number of anilines is 1. The largest absolute Gasteiger partial charge is 1.00 e. The molecule has 0 unspecified atom stereocenters. The van der Waals surface area contributed by atoms with Gasteiger partial charge in [0.15, 0.2) is 0 Å². The van der Waals surface area contributed by atoms with E-state index in [0.717, 1.165) is 10.0 Å². The fraction of sp³-hybridized carbons (Fsp3) is 0.261. The second-order valence-corrected chi connectivity index (χ2v) is 9.21. The molecular weight excluding hydrogens is 567 g/mol. The van der Waals surface area contributed by atoms with Gasteiger partial charge in [-0.15, -0.1) is 6.26 Å². The number of hydrogen-bond donors (Lipinski definition) is 2. The summed E-state index contributed by atoms with van der Waals surface area (Å²) in [4.78, 5) is 25.4. The first kappa shape index (κ1) is 33.8. The SMILES string of the molecule is C.Cc1ccc(S(=O)(=O)O)cc1.O=C1OCC/C1=C\Nc1cc(Br)ccn1.O=C1OCC/C1=C\[O-].[Na+]. The molecule has 36 heavy (non-hydrogen) atoms. The second-order valence-electron chi connectivity index (χ2n) is 6.88. The molecule has 2 aliphatic heterocycles. The number of nitrogens with zero attached hydrogens (tertiary/aromatic N) is 1. The van der Waals surface area contributed by atoms with Crippen LogP contribution >= 0.6 is 15.9 Å². The Kier molecular flexibility index (Phi) is 15.5. The standard InChI is InChI=1S/C10H9BrN2O2.C7H8O3S.C5H6O3.CH4.Na/c11-8-1-3-12-9(5-8)13-6-7-2-4-15-10(7)14;1-6-2-4-7(5-3-6)11(8,9)10;6-3-4-1-2-8-5(4)7;;/h1,3,5-6H,2,4H2,(H,12,13);2-5H,1H3,(H,8,9,10);3,6H,1-2H2;1H4;/q;;;;+1/p-1/b7-6+;;4-3+;;. The van der Waals surface area contributed by atoms with Crippen molar-refractivity contribution in [1.82, 2.24) is 4.98 Å². The number of halogens is 1. The predicted molar refractivity (Wildman–Crippen MR) is 131 cm³/mol. The third-order valence-electron chi connectivity index (χ3n) is 4.31. The molecular formula is C23H26BrN2NaO8S. The molecule has 2 N–H and O–H groups in total. The van der Waals surface area contributed by atoms with Crippen LogP contribution in [0.3, 0.4) is 0 Å². The molecule has 3 heterocycles. The van der Waals surface area contributed by atoms with E-state index in [0.29, 0.717) is 43.7 Å². The van der Waals surface area contributed by atoms with Gasteiger partial charge in [-0.2, -0.15) is 8.42 Å². The Morgan fingerprint density at radius 1 is 1.06 bits per heavy atom. The number of nitrogens with one attached hydrogen (secondary N) is 1. The third kappa shape index (κ3) is 11.7. The fourth-order valence-electron chi connectivity index (χ4n) is 2.49. The molecule has 0 radical (unpaired) electrons. The molecule has 0 saturated carbocycles. The number of rotatable bonds is 3. The van der Waals surface area contributed by atoms with Crippen molar-refractivity contribution in [3.8, 4) is 0 Å². The summed E-state index contributed by atoms with van der Waals surface area (Å²) in [5.74, 6) is -0.0194. The molecule has 1 aromatic heterocycles. The van der Waals surface area contributed by atoms with Crippen LogP contribution in [0.2, 0.25) is 0 Å². The first-order valence-electron chi connectivity index (χ1n) is 9.86. The van der Waals surface area contributed by atoms with Crippen molar-refractivity contribution in [2.45, 2.75) is 32.1 Å². The van der Waals surface area contributed by atoms with E-state index in [1.165, 1.54) is 12.1 Å². The van der Waals surface area contributed by atoms with Crippen LogP contribution < -0.4 is 40.0 Å². The summed E-state index contributed by atoms with van der Waals surface area (Å²) in [5.41, 5.74) is 1.86. The molecule has 2 aromatic rings. The Bertz CT molecular complexity index is 1180. The minimum absolute atomic E-state index is 0. The molecule has 2 aliphatic rings. The Labute approximate surface area is 241 Å². The molecule has 13 heteroatoms. The quantitative estimate of drug-likeness (QED) is 0.165. The van der Waals surface area contributed by atoms with Crippen LogP contribution in [0.25, 0.3) is 0 Å². The van der Waals surface area contributed by atoms with Gasteiger partial charge < -0.3 is 19.9 Å². The average molecular weight is 593 g/mol. The number of carbonyl (C=O) groups excluding carboxylic acids is 2. The van der Waals surface area contributed by atoms with E-state index >= 15 is 0 Å². The zero-order valence-corrected chi connectivity index (χ0v) is 23.5. The van der Waals surface area contributed by atoms with Crippen LogP contribution in [0.15, 0.2) is 75.6 Å². The van der Waals surface area contributed by atoms with Crippen molar-refractivity contribution in [2.75, 3.05) is 18.5 Å². The van der Waals surface area contributed by atoms with Crippen LogP contribution in [0, 0.1) is 6.92 Å². The van der Waals surface area contributed by atoms with E-state index in [-0.39, 0.29) is 53.4 Å². The minimum Gasteiger partial charge on any atom is -0.878 e. The maximum Gasteiger partial charge on any atom is 1.00 e. The molecule has 4 rings (SSSR count). The first-order valence-corrected chi connectivity index (χ1v) is 12.1. The van der Waals surface area contributed by atoms with Gasteiger partial charge in [-0.3, -0.25) is 4.55 Å². The maximum atomic E-state index is 11.1. The van der Waals surface area contributed by atoms with Gasteiger partial charge in [0.05, 0.1) is 23.7 Å². The number of hydrogen-bond acceptors (Lipinski definition) is 9. The molecule has 190 valence electrons. The average Bonchev–Trinajstić information content (AvgIpc) is 3.40. The van der Waals surface area contributed by atoms with Gasteiger partial charge in [0.25, 0.3) is 10.1 Å². The number of aryl methyl sites for hydroxylation is 1. The topological polar surface area (TPSA) is 155 Å². The first-order chi connectivity index (χ1) is 16.1. The van der Waals surface area contributed by atoms with Gasteiger partial charge in [0.2, 0.25) is 0 Å². The summed E-state index contributed by atoms with van der Waals surface area (Å²) in [6, 6.07) is 9.65. The van der Waals surface area contributed by atoms with Gasteiger partial charge >= 0.3 is 41.5 Å². The smallest absolute Gasteiger partial charge is 0.878 e. The van der Waals surface area contributed by atoms with Crippen molar-refractivity contribution >= 4 is 43.8 Å². The van der Waals surface area contributed by atoms with Crippen LogP contribution in [0.5, 0.6) is 0 Å². The molecule has 2 fully saturated rings. The molecule has 0 amide bonds. The number of pyridine rings is 1. The fourth-order valence-corrected chi connectivity index (χ4v) is 3.31. The molecule has 0 spiro atoms. The van der Waals surface area contributed by atoms with Crippen LogP contribution in [-0.4, -0.2) is 43.1 Å².